The first-order valence-corrected chi connectivity index (χ1v) is 22.3. The molecule has 0 radical (unpaired) electrons. The highest BCUT2D eigenvalue weighted by Gasteiger charge is 2.44. The van der Waals surface area contributed by atoms with Crippen LogP contribution >= 0.6 is 0 Å². The molecule has 10 heteroatoms. The monoisotopic (exact) mass is 782 g/mol. The highest BCUT2D eigenvalue weighted by molar-refractivity contribution is 5.80. The lowest BCUT2D eigenvalue weighted by atomic mass is 9.99. The number of carbonyl (C=O) groups is 1. The van der Waals surface area contributed by atoms with Crippen LogP contribution in [0.1, 0.15) is 181 Å². The minimum atomic E-state index is -1.62. The van der Waals surface area contributed by atoms with E-state index in [2.05, 4.69) is 37.4 Å². The van der Waals surface area contributed by atoms with Gasteiger partial charge in [0.2, 0.25) is 5.91 Å². The number of rotatable bonds is 36. The summed E-state index contributed by atoms with van der Waals surface area (Å²) in [7, 11) is 0. The Labute approximate surface area is 334 Å². The van der Waals surface area contributed by atoms with Crippen LogP contribution in [0.4, 0.5) is 0 Å². The van der Waals surface area contributed by atoms with Gasteiger partial charge in [-0.15, -0.1) is 0 Å². The zero-order chi connectivity index (χ0) is 40.4. The fourth-order valence-corrected chi connectivity index (χ4v) is 6.88. The van der Waals surface area contributed by atoms with E-state index < -0.39 is 61.5 Å². The number of nitrogens with one attached hydrogen (secondary N) is 1. The molecule has 0 aromatic rings. The molecule has 7 N–H and O–H groups in total. The summed E-state index contributed by atoms with van der Waals surface area (Å²) < 4.78 is 11.1. The van der Waals surface area contributed by atoms with Crippen molar-refractivity contribution >= 4 is 5.91 Å². The minimum Gasteiger partial charge on any atom is -0.394 e. The summed E-state index contributed by atoms with van der Waals surface area (Å²) in [6.07, 6.45) is 32.3. The summed E-state index contributed by atoms with van der Waals surface area (Å²) in [4.78, 5) is 13.0. The largest absolute Gasteiger partial charge is 0.394 e. The van der Waals surface area contributed by atoms with Crippen LogP contribution < -0.4 is 5.32 Å². The molecule has 1 heterocycles. The van der Waals surface area contributed by atoms with Gasteiger partial charge in [-0.25, -0.2) is 0 Å². The molecule has 0 aliphatic carbocycles. The van der Waals surface area contributed by atoms with Crippen molar-refractivity contribution in [3.05, 3.63) is 36.5 Å². The van der Waals surface area contributed by atoms with Gasteiger partial charge in [-0.05, 0) is 32.1 Å². The topological polar surface area (TPSA) is 169 Å². The zero-order valence-corrected chi connectivity index (χ0v) is 34.8. The van der Waals surface area contributed by atoms with Gasteiger partial charge in [0, 0.05) is 0 Å². The van der Waals surface area contributed by atoms with E-state index in [1.54, 1.807) is 6.08 Å². The molecule has 1 aliphatic heterocycles. The van der Waals surface area contributed by atoms with Gasteiger partial charge in [0.1, 0.15) is 30.5 Å². The van der Waals surface area contributed by atoms with E-state index in [1.165, 1.54) is 116 Å². The smallest absolute Gasteiger partial charge is 0.249 e. The molecule has 0 aromatic carbocycles. The molecule has 1 fully saturated rings. The highest BCUT2D eigenvalue weighted by atomic mass is 16.7. The van der Waals surface area contributed by atoms with Gasteiger partial charge in [0.05, 0.1) is 25.4 Å². The van der Waals surface area contributed by atoms with Gasteiger partial charge < -0.3 is 45.4 Å². The normalized spacial score (nSPS) is 22.2. The average Bonchev–Trinajstić information content (AvgIpc) is 3.18. The average molecular weight is 782 g/mol. The molecule has 1 rings (SSSR count). The number of carbonyl (C=O) groups excluding carboxylic acids is 1. The molecule has 55 heavy (non-hydrogen) atoms. The summed E-state index contributed by atoms with van der Waals surface area (Å²) in [6.45, 7) is 3.55. The van der Waals surface area contributed by atoms with Crippen LogP contribution in [0.15, 0.2) is 36.5 Å². The predicted octanol–water partition coefficient (Wildman–Crippen LogP) is 7.86. The van der Waals surface area contributed by atoms with E-state index in [9.17, 15) is 35.4 Å². The van der Waals surface area contributed by atoms with Crippen molar-refractivity contribution in [2.24, 2.45) is 0 Å². The lowest BCUT2D eigenvalue weighted by Gasteiger charge is -2.40. The van der Waals surface area contributed by atoms with E-state index in [0.29, 0.717) is 19.3 Å². The van der Waals surface area contributed by atoms with E-state index in [1.807, 2.05) is 12.2 Å². The summed E-state index contributed by atoms with van der Waals surface area (Å²) in [6, 6.07) is -1.00. The molecule has 0 aromatic heterocycles. The second kappa shape index (κ2) is 35.5. The second-order valence-electron chi connectivity index (χ2n) is 15.7. The van der Waals surface area contributed by atoms with Crippen LogP contribution in [0.25, 0.3) is 0 Å². The van der Waals surface area contributed by atoms with Crippen molar-refractivity contribution < 1.29 is 44.9 Å². The summed E-state index contributed by atoms with van der Waals surface area (Å²) in [5.41, 5.74) is 0. The minimum absolute atomic E-state index is 0.302. The summed E-state index contributed by atoms with van der Waals surface area (Å²) >= 11 is 0. The number of hydrogen-bond donors (Lipinski definition) is 7. The number of ether oxygens (including phenoxy) is 2. The lowest BCUT2D eigenvalue weighted by molar-refractivity contribution is -0.302. The molecular formula is C45H83NO9. The number of aliphatic hydroxyl groups is 6. The molecule has 0 spiro atoms. The summed E-state index contributed by atoms with van der Waals surface area (Å²) in [5.74, 6) is -0.633. The molecule has 0 bridgehead atoms. The van der Waals surface area contributed by atoms with Crippen LogP contribution in [0.3, 0.4) is 0 Å². The molecule has 1 amide bonds. The van der Waals surface area contributed by atoms with E-state index >= 15 is 0 Å². The fraction of sp³-hybridized carbons (Fsp3) is 0.844. The SMILES string of the molecule is CCCCCCCC=CC=CCCC=CC(O)C(COC1OC(CO)C(O)C(O)C1O)NC(=O)C(O)CCCCCCCCCCCCCCCCCCC. The number of hydrogen-bond acceptors (Lipinski definition) is 9. The molecule has 1 aliphatic rings. The predicted molar refractivity (Wildman–Crippen MR) is 222 cm³/mol. The van der Waals surface area contributed by atoms with Gasteiger partial charge in [0.25, 0.3) is 0 Å². The molecule has 1 saturated heterocycles. The van der Waals surface area contributed by atoms with Gasteiger partial charge in [-0.2, -0.15) is 0 Å². The van der Waals surface area contributed by atoms with Gasteiger partial charge in [-0.3, -0.25) is 4.79 Å². The third-order valence-corrected chi connectivity index (χ3v) is 10.6. The number of allylic oxidation sites excluding steroid dienone is 5. The Hall–Kier alpha value is -1.63. The van der Waals surface area contributed by atoms with Crippen LogP contribution in [-0.2, 0) is 14.3 Å². The van der Waals surface area contributed by atoms with Gasteiger partial charge in [-0.1, -0.05) is 185 Å². The number of amides is 1. The van der Waals surface area contributed by atoms with Crippen LogP contribution in [-0.4, -0.2) is 98.7 Å². The maximum Gasteiger partial charge on any atom is 0.249 e. The molecular weight excluding hydrogens is 698 g/mol. The van der Waals surface area contributed by atoms with Crippen molar-refractivity contribution in [3.63, 3.8) is 0 Å². The lowest BCUT2D eigenvalue weighted by Crippen LogP contribution is -2.60. The van der Waals surface area contributed by atoms with Crippen LogP contribution in [0.5, 0.6) is 0 Å². The Morgan fingerprint density at radius 3 is 1.64 bits per heavy atom. The van der Waals surface area contributed by atoms with Gasteiger partial charge >= 0.3 is 0 Å². The van der Waals surface area contributed by atoms with Crippen LogP contribution in [0.2, 0.25) is 0 Å². The third kappa shape index (κ3) is 26.1. The molecule has 8 atom stereocenters. The molecule has 0 saturated carbocycles. The van der Waals surface area contributed by atoms with Crippen molar-refractivity contribution in [3.8, 4) is 0 Å². The van der Waals surface area contributed by atoms with Crippen molar-refractivity contribution in [1.82, 2.24) is 5.32 Å². The van der Waals surface area contributed by atoms with E-state index in [4.69, 9.17) is 9.47 Å². The Bertz CT molecular complexity index is 974. The first kappa shape index (κ1) is 51.4. The number of unbranched alkanes of at least 4 members (excludes halogenated alkanes) is 22. The van der Waals surface area contributed by atoms with Crippen molar-refractivity contribution in [2.75, 3.05) is 13.2 Å². The second-order valence-corrected chi connectivity index (χ2v) is 15.7. The maximum atomic E-state index is 13.0. The van der Waals surface area contributed by atoms with Gasteiger partial charge in [0.15, 0.2) is 6.29 Å². The molecule has 10 nitrogen and oxygen atoms in total. The first-order valence-electron chi connectivity index (χ1n) is 22.3. The van der Waals surface area contributed by atoms with E-state index in [-0.39, 0.29) is 6.61 Å². The Morgan fingerprint density at radius 1 is 0.636 bits per heavy atom. The van der Waals surface area contributed by atoms with Crippen molar-refractivity contribution in [2.45, 2.75) is 230 Å². The maximum absolute atomic E-state index is 13.0. The highest BCUT2D eigenvalue weighted by Crippen LogP contribution is 2.22. The fourth-order valence-electron chi connectivity index (χ4n) is 6.88. The Balaban J connectivity index is 2.45. The first-order chi connectivity index (χ1) is 26.8. The Morgan fingerprint density at radius 2 is 1.11 bits per heavy atom. The Kier molecular flexibility index (Phi) is 33.2. The van der Waals surface area contributed by atoms with Crippen LogP contribution in [0, 0.1) is 0 Å². The molecule has 8 unspecified atom stereocenters. The molecule has 322 valence electrons. The number of aliphatic hydroxyl groups excluding tert-OH is 6. The summed E-state index contributed by atoms with van der Waals surface area (Å²) in [5, 5.41) is 64.5. The van der Waals surface area contributed by atoms with E-state index in [0.717, 1.165) is 32.1 Å². The standard InChI is InChI=1S/C45H83NO9/c1-3-5-7-9-11-13-15-17-18-19-20-22-24-26-28-30-32-34-39(49)44(53)46-37(36-54-45-43(52)42(51)41(50)40(35-47)55-45)38(48)33-31-29-27-25-23-21-16-14-12-10-8-6-4-2/h16,21,23,25,31,33,37-43,45,47-52H,3-15,17-20,22,24,26-30,32,34-36H2,1-2H3,(H,46,53). The zero-order valence-electron chi connectivity index (χ0n) is 34.8. The van der Waals surface area contributed by atoms with Crippen molar-refractivity contribution in [1.29, 1.82) is 0 Å². The third-order valence-electron chi connectivity index (χ3n) is 10.6. The quantitative estimate of drug-likeness (QED) is 0.0190.